The third-order valence-electron chi connectivity index (χ3n) is 10.7. The number of furan rings is 1. The summed E-state index contributed by atoms with van der Waals surface area (Å²) < 4.78 is 9.43. The van der Waals surface area contributed by atoms with Crippen molar-refractivity contribution in [2.75, 3.05) is 0 Å². The Balaban J connectivity index is 1.13. The van der Waals surface area contributed by atoms with Gasteiger partial charge in [-0.1, -0.05) is 170 Å². The molecule has 0 N–H and O–H groups in total. The molecule has 262 valence electrons. The molecule has 3 aromatic heterocycles. The van der Waals surface area contributed by atoms with E-state index in [0.717, 1.165) is 66.5 Å². The summed E-state index contributed by atoms with van der Waals surface area (Å²) in [6.07, 6.45) is 0. The fourth-order valence-corrected chi connectivity index (χ4v) is 8.08. The highest BCUT2D eigenvalue weighted by atomic mass is 16.3. The molecule has 0 spiro atoms. The highest BCUT2D eigenvalue weighted by Crippen LogP contribution is 2.44. The molecule has 0 amide bonds. The first-order chi connectivity index (χ1) is 27.8. The molecule has 0 aliphatic rings. The van der Waals surface area contributed by atoms with E-state index < -0.39 is 0 Å². The molecule has 0 aliphatic heterocycles. The first-order valence-corrected chi connectivity index (χ1v) is 18.8. The topological polar surface area (TPSA) is 56.7 Å². The van der Waals surface area contributed by atoms with Crippen LogP contribution in [0.5, 0.6) is 0 Å². The second-order valence-electron chi connectivity index (χ2n) is 14.0. The predicted octanol–water partition coefficient (Wildman–Crippen LogP) is 13.2. The van der Waals surface area contributed by atoms with Gasteiger partial charge in [-0.15, -0.1) is 0 Å². The molecule has 0 atom stereocenters. The molecule has 3 heterocycles. The quantitative estimate of drug-likeness (QED) is 0.172. The van der Waals surface area contributed by atoms with Crippen LogP contribution in [-0.2, 0) is 0 Å². The van der Waals surface area contributed by atoms with Crippen molar-refractivity contribution in [1.82, 2.24) is 19.5 Å². The molecule has 5 heteroatoms. The average molecular weight is 717 g/mol. The van der Waals surface area contributed by atoms with Crippen LogP contribution in [0.2, 0.25) is 0 Å². The van der Waals surface area contributed by atoms with Crippen molar-refractivity contribution in [2.24, 2.45) is 0 Å². The van der Waals surface area contributed by atoms with Crippen molar-refractivity contribution in [2.45, 2.75) is 0 Å². The minimum Gasteiger partial charge on any atom is -0.455 e. The van der Waals surface area contributed by atoms with E-state index >= 15 is 0 Å². The molecule has 11 rings (SSSR count). The van der Waals surface area contributed by atoms with Crippen LogP contribution in [0.4, 0.5) is 0 Å². The molecule has 0 saturated heterocycles. The Bertz CT molecular complexity index is 3160. The van der Waals surface area contributed by atoms with Gasteiger partial charge in [0.25, 0.3) is 0 Å². The smallest absolute Gasteiger partial charge is 0.167 e. The maximum Gasteiger partial charge on any atom is 0.167 e. The molecule has 0 fully saturated rings. The monoisotopic (exact) mass is 716 g/mol. The highest BCUT2D eigenvalue weighted by molar-refractivity contribution is 6.18. The van der Waals surface area contributed by atoms with Crippen molar-refractivity contribution >= 4 is 43.7 Å². The van der Waals surface area contributed by atoms with Gasteiger partial charge >= 0.3 is 0 Å². The molecule has 11 aromatic rings. The number of fused-ring (bicyclic) bond motifs is 6. The van der Waals surface area contributed by atoms with Crippen LogP contribution in [-0.4, -0.2) is 19.5 Å². The van der Waals surface area contributed by atoms with E-state index in [-0.39, 0.29) is 0 Å². The molecule has 0 saturated carbocycles. The van der Waals surface area contributed by atoms with Crippen molar-refractivity contribution in [3.8, 4) is 62.1 Å². The minimum absolute atomic E-state index is 0.560. The largest absolute Gasteiger partial charge is 0.455 e. The van der Waals surface area contributed by atoms with Gasteiger partial charge in [-0.25, -0.2) is 15.0 Å². The van der Waals surface area contributed by atoms with Gasteiger partial charge in [-0.2, -0.15) is 0 Å². The Labute approximate surface area is 322 Å². The summed E-state index contributed by atoms with van der Waals surface area (Å²) in [7, 11) is 0. The molecule has 56 heavy (non-hydrogen) atoms. The maximum absolute atomic E-state index is 7.04. The summed E-state index contributed by atoms with van der Waals surface area (Å²) in [6, 6.07) is 67.4. The van der Waals surface area contributed by atoms with E-state index in [1.807, 2.05) is 66.7 Å². The average Bonchev–Trinajstić information content (AvgIpc) is 3.84. The van der Waals surface area contributed by atoms with Gasteiger partial charge in [0.05, 0.1) is 16.6 Å². The van der Waals surface area contributed by atoms with Gasteiger partial charge in [0, 0.05) is 49.5 Å². The Hall–Kier alpha value is -7.63. The van der Waals surface area contributed by atoms with Crippen molar-refractivity contribution in [3.63, 3.8) is 0 Å². The van der Waals surface area contributed by atoms with E-state index in [1.54, 1.807) is 0 Å². The lowest BCUT2D eigenvalue weighted by molar-refractivity contribution is 0.670. The van der Waals surface area contributed by atoms with Crippen LogP contribution in [0.25, 0.3) is 106 Å². The fourth-order valence-electron chi connectivity index (χ4n) is 8.08. The number of hydrogen-bond donors (Lipinski definition) is 0. The van der Waals surface area contributed by atoms with Gasteiger partial charge in [0.15, 0.2) is 17.5 Å². The van der Waals surface area contributed by atoms with Crippen molar-refractivity contribution < 1.29 is 4.42 Å². The summed E-state index contributed by atoms with van der Waals surface area (Å²) in [5, 5.41) is 4.43. The summed E-state index contributed by atoms with van der Waals surface area (Å²) >= 11 is 0. The summed E-state index contributed by atoms with van der Waals surface area (Å²) in [5.41, 5.74) is 12.1. The summed E-state index contributed by atoms with van der Waals surface area (Å²) in [5.74, 6) is 1.78. The van der Waals surface area contributed by atoms with Crippen LogP contribution >= 0.6 is 0 Å². The normalized spacial score (nSPS) is 11.6. The summed E-state index contributed by atoms with van der Waals surface area (Å²) in [6.45, 7) is 0. The summed E-state index contributed by atoms with van der Waals surface area (Å²) in [4.78, 5) is 15.0. The number of para-hydroxylation sites is 4. The maximum atomic E-state index is 7.04. The third kappa shape index (κ3) is 5.21. The lowest BCUT2D eigenvalue weighted by atomic mass is 9.99. The Kier molecular flexibility index (Phi) is 7.42. The predicted molar refractivity (Wildman–Crippen MR) is 229 cm³/mol. The minimum atomic E-state index is 0.560. The molecule has 8 aromatic carbocycles. The van der Waals surface area contributed by atoms with Crippen LogP contribution in [0, 0.1) is 0 Å². The zero-order valence-corrected chi connectivity index (χ0v) is 30.2. The Morgan fingerprint density at radius 3 is 1.43 bits per heavy atom. The third-order valence-corrected chi connectivity index (χ3v) is 10.7. The molecule has 0 radical (unpaired) electrons. The van der Waals surface area contributed by atoms with Crippen molar-refractivity contribution in [3.05, 3.63) is 194 Å². The zero-order chi connectivity index (χ0) is 37.0. The number of nitrogens with zero attached hydrogens (tertiary/aromatic N) is 4. The highest BCUT2D eigenvalue weighted by Gasteiger charge is 2.22. The number of rotatable bonds is 6. The van der Waals surface area contributed by atoms with Gasteiger partial charge < -0.3 is 8.98 Å². The molecular weight excluding hydrogens is 685 g/mol. The lowest BCUT2D eigenvalue weighted by Gasteiger charge is -2.13. The second kappa shape index (κ2) is 13.0. The zero-order valence-electron chi connectivity index (χ0n) is 30.2. The van der Waals surface area contributed by atoms with Crippen LogP contribution in [0.3, 0.4) is 0 Å². The SMILES string of the molecule is c1ccc(-c2ccc(-n3c4ccccc4c4cccc(-c5cccc6c5oc5c(-c7nc(-c8ccccc8)nc(-c8ccccc8)n7)cccc56)c43)cc2)cc1. The van der Waals surface area contributed by atoms with E-state index in [0.29, 0.717) is 17.5 Å². The first-order valence-electron chi connectivity index (χ1n) is 18.8. The van der Waals surface area contributed by atoms with Crippen molar-refractivity contribution in [1.29, 1.82) is 0 Å². The van der Waals surface area contributed by atoms with Gasteiger partial charge in [0.2, 0.25) is 0 Å². The van der Waals surface area contributed by atoms with Gasteiger partial charge in [0.1, 0.15) is 11.2 Å². The van der Waals surface area contributed by atoms with Crippen LogP contribution in [0.15, 0.2) is 199 Å². The molecule has 0 unspecified atom stereocenters. The molecule has 5 nitrogen and oxygen atoms in total. The first kappa shape index (κ1) is 31.9. The number of aromatic nitrogens is 4. The standard InChI is InChI=1S/C51H32N4O/c1-4-15-33(16-5-1)34-29-31-37(32-30-34)55-45-28-11-10-21-38(45)39-22-12-23-40(46(39)55)41-24-13-25-42-43-26-14-27-44(48(43)56-47(41)42)51-53-49(35-17-6-2-7-18-35)52-50(54-51)36-19-8-3-9-20-36/h1-32H. The Morgan fingerprint density at radius 2 is 0.786 bits per heavy atom. The van der Waals surface area contributed by atoms with E-state index in [2.05, 4.69) is 132 Å². The second-order valence-corrected chi connectivity index (χ2v) is 14.0. The molecule has 0 aliphatic carbocycles. The molecule has 0 bridgehead atoms. The molecular formula is C51H32N4O. The number of hydrogen-bond acceptors (Lipinski definition) is 4. The Morgan fingerprint density at radius 1 is 0.321 bits per heavy atom. The van der Waals surface area contributed by atoms with Gasteiger partial charge in [-0.05, 0) is 35.4 Å². The van der Waals surface area contributed by atoms with Gasteiger partial charge in [-0.3, -0.25) is 0 Å². The van der Waals surface area contributed by atoms with E-state index in [1.165, 1.54) is 21.9 Å². The van der Waals surface area contributed by atoms with Crippen LogP contribution < -0.4 is 0 Å². The fraction of sp³-hybridized carbons (Fsp3) is 0. The van der Waals surface area contributed by atoms with E-state index in [4.69, 9.17) is 19.4 Å². The van der Waals surface area contributed by atoms with E-state index in [9.17, 15) is 0 Å². The number of benzene rings is 8. The van der Waals surface area contributed by atoms with Crippen LogP contribution in [0.1, 0.15) is 0 Å². The lowest BCUT2D eigenvalue weighted by Crippen LogP contribution is -2.00.